The first kappa shape index (κ1) is 12.9. The molecular weight excluding hydrogens is 244 g/mol. The first-order valence-electron chi connectivity index (χ1n) is 6.81. The number of hydrogen-bond acceptors (Lipinski definition) is 4. The number of ether oxygens (including phenoxy) is 1. The van der Waals surface area contributed by atoms with Gasteiger partial charge in [0.25, 0.3) is 0 Å². The van der Waals surface area contributed by atoms with Crippen LogP contribution in [0.4, 0.5) is 0 Å². The highest BCUT2D eigenvalue weighted by Crippen LogP contribution is 2.57. The van der Waals surface area contributed by atoms with Crippen molar-refractivity contribution < 1.29 is 19.7 Å². The molecule has 2 aliphatic carbocycles. The molecule has 0 radical (unpaired) electrons. The van der Waals surface area contributed by atoms with E-state index in [1.54, 1.807) is 0 Å². The summed E-state index contributed by atoms with van der Waals surface area (Å²) < 4.78 is 5.46. The maximum Gasteiger partial charge on any atom is 0.334 e. The Hall–Kier alpha value is -1.13. The zero-order valence-electron chi connectivity index (χ0n) is 11.1. The van der Waals surface area contributed by atoms with Crippen LogP contribution in [0.5, 0.6) is 0 Å². The van der Waals surface area contributed by atoms with Gasteiger partial charge in [0.2, 0.25) is 0 Å². The predicted molar refractivity (Wildman–Crippen MR) is 69.1 cm³/mol. The van der Waals surface area contributed by atoms with Gasteiger partial charge in [-0.05, 0) is 18.4 Å². The van der Waals surface area contributed by atoms with Crippen LogP contribution in [0.3, 0.4) is 0 Å². The van der Waals surface area contributed by atoms with Crippen molar-refractivity contribution >= 4 is 5.97 Å². The Bertz CT molecular complexity index is 469. The highest BCUT2D eigenvalue weighted by molar-refractivity contribution is 5.91. The number of aliphatic hydroxyl groups excluding tert-OH is 2. The van der Waals surface area contributed by atoms with Crippen LogP contribution in [0.25, 0.3) is 0 Å². The lowest BCUT2D eigenvalue weighted by Crippen LogP contribution is -2.56. The molecule has 19 heavy (non-hydrogen) atoms. The molecule has 6 atom stereocenters. The van der Waals surface area contributed by atoms with Gasteiger partial charge in [0.05, 0.1) is 12.2 Å². The van der Waals surface area contributed by atoms with E-state index >= 15 is 0 Å². The zero-order valence-corrected chi connectivity index (χ0v) is 11.1. The van der Waals surface area contributed by atoms with Crippen molar-refractivity contribution in [2.24, 2.45) is 17.3 Å². The zero-order chi connectivity index (χ0) is 13.9. The molecule has 2 N–H and O–H groups in total. The minimum Gasteiger partial charge on any atom is -0.458 e. The summed E-state index contributed by atoms with van der Waals surface area (Å²) in [6.07, 6.45) is 0.268. The van der Waals surface area contributed by atoms with Crippen LogP contribution in [-0.2, 0) is 9.53 Å². The van der Waals surface area contributed by atoms with Gasteiger partial charge in [0, 0.05) is 29.2 Å². The topological polar surface area (TPSA) is 66.8 Å². The molecule has 0 bridgehead atoms. The average molecular weight is 264 g/mol. The first-order chi connectivity index (χ1) is 8.86. The largest absolute Gasteiger partial charge is 0.458 e. The van der Waals surface area contributed by atoms with Crippen molar-refractivity contribution in [2.75, 3.05) is 0 Å². The normalized spacial score (nSPS) is 49.6. The van der Waals surface area contributed by atoms with Gasteiger partial charge in [-0.3, -0.25) is 0 Å². The molecule has 3 fully saturated rings. The molecule has 3 rings (SSSR count). The Kier molecular flexibility index (Phi) is 2.67. The standard InChI is InChI=1S/C15H20O4/c1-7-9-4-5-15(3)11(17)6-10(16)8(2)12(15)13(9)19-14(7)18/h9-13,16-17H,1-2,4-6H2,3H3/t9-,10+,11+,12?,13-,15-/m0/s1. The van der Waals surface area contributed by atoms with E-state index in [2.05, 4.69) is 13.2 Å². The summed E-state index contributed by atoms with van der Waals surface area (Å²) in [5.41, 5.74) is 0.835. The molecule has 2 saturated carbocycles. The molecule has 0 aromatic carbocycles. The van der Waals surface area contributed by atoms with Gasteiger partial charge >= 0.3 is 5.97 Å². The third-order valence-electron chi connectivity index (χ3n) is 5.42. The first-order valence-corrected chi connectivity index (χ1v) is 6.81. The van der Waals surface area contributed by atoms with E-state index in [0.29, 0.717) is 17.6 Å². The van der Waals surface area contributed by atoms with Gasteiger partial charge in [-0.25, -0.2) is 4.79 Å². The summed E-state index contributed by atoms with van der Waals surface area (Å²) in [7, 11) is 0. The van der Waals surface area contributed by atoms with Crippen molar-refractivity contribution in [3.05, 3.63) is 24.3 Å². The number of rotatable bonds is 0. The van der Waals surface area contributed by atoms with Crippen LogP contribution in [0.15, 0.2) is 24.3 Å². The van der Waals surface area contributed by atoms with Crippen LogP contribution in [0.2, 0.25) is 0 Å². The van der Waals surface area contributed by atoms with Gasteiger partial charge in [-0.1, -0.05) is 20.1 Å². The molecule has 0 aromatic rings. The number of fused-ring (bicyclic) bond motifs is 3. The lowest BCUT2D eigenvalue weighted by atomic mass is 9.53. The highest BCUT2D eigenvalue weighted by atomic mass is 16.6. The van der Waals surface area contributed by atoms with Crippen LogP contribution in [-0.4, -0.2) is 34.5 Å². The Morgan fingerprint density at radius 3 is 2.74 bits per heavy atom. The maximum absolute atomic E-state index is 11.7. The minimum absolute atomic E-state index is 0.000162. The number of aliphatic hydroxyl groups is 2. The van der Waals surface area contributed by atoms with Crippen LogP contribution in [0, 0.1) is 17.3 Å². The molecule has 4 heteroatoms. The van der Waals surface area contributed by atoms with E-state index in [1.165, 1.54) is 0 Å². The fourth-order valence-electron chi connectivity index (χ4n) is 4.11. The van der Waals surface area contributed by atoms with Crippen LogP contribution < -0.4 is 0 Å². The van der Waals surface area contributed by atoms with Crippen molar-refractivity contribution in [3.63, 3.8) is 0 Å². The number of esters is 1. The summed E-state index contributed by atoms with van der Waals surface area (Å²) >= 11 is 0. The fraction of sp³-hybridized carbons (Fsp3) is 0.667. The molecule has 1 unspecified atom stereocenters. The molecular formula is C15H20O4. The summed E-state index contributed by atoms with van der Waals surface area (Å²) in [6.45, 7) is 9.81. The minimum atomic E-state index is -0.723. The number of hydrogen-bond donors (Lipinski definition) is 2. The molecule has 0 spiro atoms. The Morgan fingerprint density at radius 2 is 2.05 bits per heavy atom. The Labute approximate surface area is 112 Å². The Balaban J connectivity index is 2.02. The highest BCUT2D eigenvalue weighted by Gasteiger charge is 2.59. The van der Waals surface area contributed by atoms with E-state index in [0.717, 1.165) is 12.8 Å². The second kappa shape index (κ2) is 3.93. The molecule has 1 aliphatic heterocycles. The second-order valence-corrected chi connectivity index (χ2v) is 6.37. The number of carbonyl (C=O) groups excluding carboxylic acids is 1. The maximum atomic E-state index is 11.7. The summed E-state index contributed by atoms with van der Waals surface area (Å²) in [4.78, 5) is 11.7. The summed E-state index contributed by atoms with van der Waals surface area (Å²) in [5, 5.41) is 20.4. The number of carbonyl (C=O) groups is 1. The van der Waals surface area contributed by atoms with Gasteiger partial charge in [-0.2, -0.15) is 0 Å². The van der Waals surface area contributed by atoms with E-state index in [1.807, 2.05) is 6.92 Å². The second-order valence-electron chi connectivity index (χ2n) is 6.37. The van der Waals surface area contributed by atoms with Crippen molar-refractivity contribution in [3.8, 4) is 0 Å². The van der Waals surface area contributed by atoms with Crippen LogP contribution in [0.1, 0.15) is 26.2 Å². The molecule has 0 amide bonds. The molecule has 3 aliphatic rings. The lowest BCUT2D eigenvalue weighted by molar-refractivity contribution is -0.155. The smallest absolute Gasteiger partial charge is 0.334 e. The third-order valence-corrected chi connectivity index (χ3v) is 5.42. The lowest BCUT2D eigenvalue weighted by Gasteiger charge is -2.53. The van der Waals surface area contributed by atoms with Gasteiger partial charge in [-0.15, -0.1) is 0 Å². The quantitative estimate of drug-likeness (QED) is 0.392. The fourth-order valence-corrected chi connectivity index (χ4v) is 4.11. The summed E-state index contributed by atoms with van der Waals surface area (Å²) in [5.74, 6) is -0.533. The molecule has 104 valence electrons. The monoisotopic (exact) mass is 264 g/mol. The van der Waals surface area contributed by atoms with Gasteiger partial charge < -0.3 is 14.9 Å². The Morgan fingerprint density at radius 1 is 1.37 bits per heavy atom. The SMILES string of the molecule is C=C1C2[C@H]3OC(=O)C(=C)[C@@H]3CC[C@@]2(C)[C@H](O)C[C@H]1O. The van der Waals surface area contributed by atoms with Crippen LogP contribution >= 0.6 is 0 Å². The molecule has 0 aromatic heterocycles. The van der Waals surface area contributed by atoms with Gasteiger partial charge in [0.15, 0.2) is 0 Å². The van der Waals surface area contributed by atoms with E-state index in [9.17, 15) is 15.0 Å². The van der Waals surface area contributed by atoms with Crippen molar-refractivity contribution in [1.82, 2.24) is 0 Å². The molecule has 1 heterocycles. The predicted octanol–water partition coefficient (Wildman–Crippen LogP) is 1.18. The van der Waals surface area contributed by atoms with Crippen molar-refractivity contribution in [1.29, 1.82) is 0 Å². The van der Waals surface area contributed by atoms with Gasteiger partial charge in [0.1, 0.15) is 6.10 Å². The van der Waals surface area contributed by atoms with E-state index in [4.69, 9.17) is 4.74 Å². The van der Waals surface area contributed by atoms with Crippen molar-refractivity contribution in [2.45, 2.75) is 44.5 Å². The third kappa shape index (κ3) is 1.56. The summed E-state index contributed by atoms with van der Waals surface area (Å²) in [6, 6.07) is 0. The molecule has 1 saturated heterocycles. The average Bonchev–Trinajstić information content (AvgIpc) is 2.63. The van der Waals surface area contributed by atoms with E-state index in [-0.39, 0.29) is 29.3 Å². The van der Waals surface area contributed by atoms with E-state index < -0.39 is 12.2 Å². The molecule has 4 nitrogen and oxygen atoms in total.